The van der Waals surface area contributed by atoms with Gasteiger partial charge in [-0.1, -0.05) is 37.6 Å². The summed E-state index contributed by atoms with van der Waals surface area (Å²) in [6.07, 6.45) is 5.53. The van der Waals surface area contributed by atoms with Crippen LogP contribution in [0.15, 0.2) is 23.3 Å². The van der Waals surface area contributed by atoms with Crippen molar-refractivity contribution < 1.29 is 9.90 Å². The fraction of sp³-hybridized carbons (Fsp3) is 0.545. The minimum atomic E-state index is -0.712. The van der Waals surface area contributed by atoms with Gasteiger partial charge in [-0.05, 0) is 24.3 Å². The second-order valence-corrected chi connectivity index (χ2v) is 4.90. The Bertz CT molecular complexity index is 298. The lowest BCUT2D eigenvalue weighted by Gasteiger charge is -1.95. The Morgan fingerprint density at radius 1 is 1.50 bits per heavy atom. The van der Waals surface area contributed by atoms with Gasteiger partial charge in [-0.15, -0.1) is 0 Å². The van der Waals surface area contributed by atoms with E-state index >= 15 is 0 Å². The molecule has 1 saturated carbocycles. The molecule has 0 heterocycles. The van der Waals surface area contributed by atoms with Crippen molar-refractivity contribution in [3.05, 3.63) is 23.3 Å². The predicted molar refractivity (Wildman–Crippen MR) is 57.1 cm³/mol. The molecule has 2 unspecified atom stereocenters. The molecule has 1 aliphatic rings. The molecule has 0 amide bonds. The first kappa shape index (κ1) is 11.3. The summed E-state index contributed by atoms with van der Waals surface area (Å²) in [7, 11) is 0. The van der Waals surface area contributed by atoms with Crippen LogP contribution in [0.2, 0.25) is 0 Å². The molecule has 0 bridgehead atoms. The van der Waals surface area contributed by atoms with Crippen LogP contribution >= 0.6 is 11.6 Å². The monoisotopic (exact) mass is 214 g/mol. The first-order chi connectivity index (χ1) is 6.37. The first-order valence-corrected chi connectivity index (χ1v) is 4.98. The summed E-state index contributed by atoms with van der Waals surface area (Å²) in [5.74, 6) is -0.828. The molecule has 1 aliphatic carbocycles. The van der Waals surface area contributed by atoms with E-state index in [4.69, 9.17) is 16.7 Å². The zero-order chi connectivity index (χ0) is 10.9. The van der Waals surface area contributed by atoms with Crippen LogP contribution in [0.1, 0.15) is 20.8 Å². The van der Waals surface area contributed by atoms with Gasteiger partial charge in [-0.25, -0.2) is 0 Å². The average molecular weight is 215 g/mol. The zero-order valence-corrected chi connectivity index (χ0v) is 9.38. The van der Waals surface area contributed by atoms with E-state index in [1.807, 2.05) is 26.0 Å². The van der Waals surface area contributed by atoms with Crippen molar-refractivity contribution in [2.45, 2.75) is 20.8 Å². The highest BCUT2D eigenvalue weighted by atomic mass is 35.5. The van der Waals surface area contributed by atoms with Crippen molar-refractivity contribution in [2.75, 3.05) is 0 Å². The minimum absolute atomic E-state index is 0.115. The molecule has 2 nitrogen and oxygen atoms in total. The number of rotatable bonds is 3. The maximum atomic E-state index is 10.8. The molecular formula is C11H15ClO2. The molecule has 0 aromatic heterocycles. The summed E-state index contributed by atoms with van der Waals surface area (Å²) >= 11 is 5.65. The van der Waals surface area contributed by atoms with Gasteiger partial charge in [-0.2, -0.15) is 0 Å². The quantitative estimate of drug-likeness (QED) is 0.734. The molecule has 1 N–H and O–H groups in total. The largest absolute Gasteiger partial charge is 0.481 e. The van der Waals surface area contributed by atoms with E-state index < -0.39 is 5.97 Å². The highest BCUT2D eigenvalue weighted by Crippen LogP contribution is 2.59. The van der Waals surface area contributed by atoms with Crippen LogP contribution in [0.25, 0.3) is 0 Å². The maximum Gasteiger partial charge on any atom is 0.307 e. The summed E-state index contributed by atoms with van der Waals surface area (Å²) in [6, 6.07) is 0. The van der Waals surface area contributed by atoms with Gasteiger partial charge in [0.1, 0.15) is 0 Å². The predicted octanol–water partition coefficient (Wildman–Crippen LogP) is 3.04. The Morgan fingerprint density at radius 3 is 2.43 bits per heavy atom. The Hall–Kier alpha value is -0.760. The highest BCUT2D eigenvalue weighted by molar-refractivity contribution is 6.29. The lowest BCUT2D eigenvalue weighted by atomic mass is 10.1. The summed E-state index contributed by atoms with van der Waals surface area (Å²) in [5, 5.41) is 9.59. The van der Waals surface area contributed by atoms with Crippen LogP contribution in [0, 0.1) is 17.3 Å². The third kappa shape index (κ3) is 2.18. The normalized spacial score (nSPS) is 30.7. The standard InChI is InChI=1S/C11H15ClO2/c1-7(12)5-4-6-8-9(10(13)14)11(8,2)3/h4-6,8-9H,1-3H3,(H,13,14)/b6-4-,7-5+. The van der Waals surface area contributed by atoms with Gasteiger partial charge in [0, 0.05) is 5.03 Å². The smallest absolute Gasteiger partial charge is 0.307 e. The van der Waals surface area contributed by atoms with Crippen molar-refractivity contribution in [3.63, 3.8) is 0 Å². The van der Waals surface area contributed by atoms with Gasteiger partial charge in [0.2, 0.25) is 0 Å². The molecule has 78 valence electrons. The van der Waals surface area contributed by atoms with Crippen molar-refractivity contribution in [3.8, 4) is 0 Å². The highest BCUT2D eigenvalue weighted by Gasteiger charge is 2.60. The molecule has 2 atom stereocenters. The fourth-order valence-electron chi connectivity index (χ4n) is 1.82. The van der Waals surface area contributed by atoms with Crippen molar-refractivity contribution >= 4 is 17.6 Å². The molecule has 14 heavy (non-hydrogen) atoms. The number of halogens is 1. The molecule has 1 fully saturated rings. The second-order valence-electron chi connectivity index (χ2n) is 4.30. The second kappa shape index (κ2) is 3.77. The number of carbonyl (C=O) groups is 1. The molecule has 0 saturated heterocycles. The van der Waals surface area contributed by atoms with Crippen LogP contribution in [0.3, 0.4) is 0 Å². The number of hydrogen-bond acceptors (Lipinski definition) is 1. The first-order valence-electron chi connectivity index (χ1n) is 4.60. The van der Waals surface area contributed by atoms with Gasteiger partial charge in [0.15, 0.2) is 0 Å². The van der Waals surface area contributed by atoms with Crippen LogP contribution in [0.5, 0.6) is 0 Å². The summed E-state index contributed by atoms with van der Waals surface area (Å²) in [6.45, 7) is 5.73. The lowest BCUT2D eigenvalue weighted by Crippen LogP contribution is -2.02. The number of hydrogen-bond donors (Lipinski definition) is 1. The molecule has 1 rings (SSSR count). The minimum Gasteiger partial charge on any atom is -0.481 e. The van der Waals surface area contributed by atoms with E-state index in [1.54, 1.807) is 13.0 Å². The number of carboxylic acid groups (broad SMARTS) is 1. The summed E-state index contributed by atoms with van der Waals surface area (Å²) < 4.78 is 0. The molecular weight excluding hydrogens is 200 g/mol. The van der Waals surface area contributed by atoms with Gasteiger partial charge in [-0.3, -0.25) is 4.79 Å². The molecule has 0 aromatic rings. The van der Waals surface area contributed by atoms with E-state index in [9.17, 15) is 4.79 Å². The summed E-state index contributed by atoms with van der Waals surface area (Å²) in [4.78, 5) is 10.8. The van der Waals surface area contributed by atoms with E-state index in [0.29, 0.717) is 5.03 Å². The third-order valence-electron chi connectivity index (χ3n) is 2.82. The van der Waals surface area contributed by atoms with Crippen LogP contribution < -0.4 is 0 Å². The molecule has 3 heteroatoms. The third-order valence-corrected chi connectivity index (χ3v) is 2.95. The average Bonchev–Trinajstić information content (AvgIpc) is 2.52. The molecule has 0 spiro atoms. The van der Waals surface area contributed by atoms with Gasteiger partial charge in [0.25, 0.3) is 0 Å². The Balaban J connectivity index is 2.62. The number of aliphatic carboxylic acids is 1. The van der Waals surface area contributed by atoms with E-state index in [0.717, 1.165) is 0 Å². The van der Waals surface area contributed by atoms with E-state index in [-0.39, 0.29) is 17.3 Å². The molecule has 0 radical (unpaired) electrons. The zero-order valence-electron chi connectivity index (χ0n) is 8.62. The lowest BCUT2D eigenvalue weighted by molar-refractivity contribution is -0.139. The van der Waals surface area contributed by atoms with Crippen molar-refractivity contribution in [1.82, 2.24) is 0 Å². The van der Waals surface area contributed by atoms with Crippen LogP contribution in [-0.2, 0) is 4.79 Å². The molecule has 0 aliphatic heterocycles. The Labute approximate surface area is 89.3 Å². The Kier molecular flexibility index (Phi) is 3.05. The Morgan fingerprint density at radius 2 is 2.07 bits per heavy atom. The maximum absolute atomic E-state index is 10.8. The van der Waals surface area contributed by atoms with Crippen molar-refractivity contribution in [1.29, 1.82) is 0 Å². The fourth-order valence-corrected chi connectivity index (χ4v) is 1.89. The SMILES string of the molecule is C/C(Cl)=C\C=C/C1C(C(=O)O)C1(C)C. The van der Waals surface area contributed by atoms with Crippen LogP contribution in [-0.4, -0.2) is 11.1 Å². The van der Waals surface area contributed by atoms with Crippen LogP contribution in [0.4, 0.5) is 0 Å². The van der Waals surface area contributed by atoms with Crippen molar-refractivity contribution in [2.24, 2.45) is 17.3 Å². The van der Waals surface area contributed by atoms with Gasteiger partial charge in [0.05, 0.1) is 5.92 Å². The topological polar surface area (TPSA) is 37.3 Å². The number of allylic oxidation sites excluding steroid dienone is 4. The van der Waals surface area contributed by atoms with E-state index in [2.05, 4.69) is 0 Å². The van der Waals surface area contributed by atoms with Gasteiger partial charge >= 0.3 is 5.97 Å². The molecule has 0 aromatic carbocycles. The van der Waals surface area contributed by atoms with E-state index in [1.165, 1.54) is 0 Å². The number of carboxylic acids is 1. The van der Waals surface area contributed by atoms with Gasteiger partial charge < -0.3 is 5.11 Å². The summed E-state index contributed by atoms with van der Waals surface area (Å²) in [5.41, 5.74) is -0.115.